The Morgan fingerprint density at radius 2 is 1.47 bits per heavy atom. The van der Waals surface area contributed by atoms with Crippen molar-refractivity contribution in [2.24, 2.45) is 52.1 Å². The van der Waals surface area contributed by atoms with E-state index in [9.17, 15) is 9.90 Å². The maximum Gasteiger partial charge on any atom is 0.220 e. The van der Waals surface area contributed by atoms with Gasteiger partial charge in [-0.05, 0) is 182 Å². The summed E-state index contributed by atoms with van der Waals surface area (Å²) < 4.78 is 0. The van der Waals surface area contributed by atoms with E-state index < -0.39 is 0 Å². The summed E-state index contributed by atoms with van der Waals surface area (Å²) in [6.45, 7) is 13.9. The molecule has 1 amide bonds. The molecule has 0 spiro atoms. The van der Waals surface area contributed by atoms with E-state index in [0.717, 1.165) is 58.5 Å². The van der Waals surface area contributed by atoms with Crippen LogP contribution < -0.4 is 27.0 Å². The molecule has 0 aromatic rings. The van der Waals surface area contributed by atoms with Crippen LogP contribution in [0.15, 0.2) is 0 Å². The predicted molar refractivity (Wildman–Crippen MR) is 195 cm³/mol. The van der Waals surface area contributed by atoms with Crippen LogP contribution in [0.2, 0.25) is 0 Å². The van der Waals surface area contributed by atoms with E-state index in [1.807, 2.05) is 0 Å². The van der Waals surface area contributed by atoms with Crippen LogP contribution >= 0.6 is 0 Å². The van der Waals surface area contributed by atoms with Crippen LogP contribution in [0.1, 0.15) is 143 Å². The molecule has 0 radical (unpaired) electrons. The molecule has 7 N–H and O–H groups in total. The highest BCUT2D eigenvalue weighted by atomic mass is 16.3. The van der Waals surface area contributed by atoms with Crippen LogP contribution in [0.5, 0.6) is 0 Å². The van der Waals surface area contributed by atoms with Gasteiger partial charge in [0, 0.05) is 18.5 Å². The number of nitrogens with two attached hydrogens (primary N) is 1. The second kappa shape index (κ2) is 18.0. The molecule has 0 bridgehead atoms. The summed E-state index contributed by atoms with van der Waals surface area (Å²) in [5.74, 6) is 3.98. The monoisotopic (exact) mass is 658 g/mol. The summed E-state index contributed by atoms with van der Waals surface area (Å²) in [5.41, 5.74) is 6.25. The summed E-state index contributed by atoms with van der Waals surface area (Å²) in [5, 5.41) is 26.2. The minimum absolute atomic E-state index is 0.142. The van der Waals surface area contributed by atoms with Crippen molar-refractivity contribution in [3.63, 3.8) is 0 Å². The molecule has 7 heteroatoms. The van der Waals surface area contributed by atoms with Gasteiger partial charge in [-0.1, -0.05) is 40.0 Å². The fraction of sp³-hybridized carbons (Fsp3) is 0.975. The third-order valence-electron chi connectivity index (χ3n) is 14.7. The van der Waals surface area contributed by atoms with Crippen molar-refractivity contribution >= 4 is 5.91 Å². The van der Waals surface area contributed by atoms with Crippen LogP contribution in [-0.4, -0.2) is 68.5 Å². The van der Waals surface area contributed by atoms with Gasteiger partial charge < -0.3 is 32.1 Å². The molecule has 0 aromatic carbocycles. The molecule has 0 aliphatic heterocycles. The van der Waals surface area contributed by atoms with Gasteiger partial charge in [-0.2, -0.15) is 0 Å². The Balaban J connectivity index is 1.03. The van der Waals surface area contributed by atoms with Gasteiger partial charge in [0.25, 0.3) is 0 Å². The largest absolute Gasteiger partial charge is 0.393 e. The first-order valence-electron chi connectivity index (χ1n) is 20.6. The highest BCUT2D eigenvalue weighted by molar-refractivity contribution is 5.76. The van der Waals surface area contributed by atoms with Gasteiger partial charge in [0.15, 0.2) is 0 Å². The number of unbranched alkanes of at least 4 members (excludes halogenated alkanes) is 1. The molecular formula is C40H75N5O2. The first-order chi connectivity index (χ1) is 22.8. The number of hydrogen-bond acceptors (Lipinski definition) is 6. The molecule has 5 unspecified atom stereocenters. The Labute approximate surface area is 288 Å². The molecule has 5 fully saturated rings. The van der Waals surface area contributed by atoms with Crippen molar-refractivity contribution in [1.29, 1.82) is 0 Å². The van der Waals surface area contributed by atoms with Gasteiger partial charge in [-0.15, -0.1) is 0 Å². The van der Waals surface area contributed by atoms with Crippen molar-refractivity contribution in [3.8, 4) is 0 Å². The summed E-state index contributed by atoms with van der Waals surface area (Å²) in [4.78, 5) is 12.8. The van der Waals surface area contributed by atoms with Gasteiger partial charge in [-0.3, -0.25) is 4.79 Å². The topological polar surface area (TPSA) is 111 Å². The zero-order valence-electron chi connectivity index (χ0n) is 30.8. The Kier molecular flexibility index (Phi) is 14.3. The van der Waals surface area contributed by atoms with Gasteiger partial charge in [0.2, 0.25) is 5.91 Å². The lowest BCUT2D eigenvalue weighted by Gasteiger charge is -2.62. The number of carbonyl (C=O) groups excluding carboxylic acids is 1. The van der Waals surface area contributed by atoms with E-state index in [4.69, 9.17) is 5.73 Å². The van der Waals surface area contributed by atoms with Crippen LogP contribution in [0.25, 0.3) is 0 Å². The van der Waals surface area contributed by atoms with E-state index in [1.54, 1.807) is 0 Å². The van der Waals surface area contributed by atoms with E-state index in [-0.39, 0.29) is 12.0 Å². The minimum Gasteiger partial charge on any atom is -0.393 e. The predicted octanol–water partition coefficient (Wildman–Crippen LogP) is 6.14. The van der Waals surface area contributed by atoms with Crippen LogP contribution in [0.3, 0.4) is 0 Å². The SMILES string of the molecule is C[C@H](CCC(=O)NC1CCCCC1)C1CCC2C3C(CC[C@@]21C)[C@@]1(C)CC[C@H](NCCCNCCCCNCCCN)CC1C[C@H]3O. The van der Waals surface area contributed by atoms with Crippen molar-refractivity contribution in [1.82, 2.24) is 21.3 Å². The molecule has 5 aliphatic carbocycles. The fourth-order valence-corrected chi connectivity index (χ4v) is 12.0. The van der Waals surface area contributed by atoms with Crippen LogP contribution in [0.4, 0.5) is 0 Å². The standard InChI is InChI=1S/C40H75N5O2/c1-29(13-16-37(47)45-31-11-5-4-6-12-31)33-14-15-34-38-35(18-20-40(33,34)3)39(2)19-17-32(27-30(39)28-36(38)46)44-26-10-25-43-23-8-7-22-42-24-9-21-41/h29-36,38,42-44,46H,4-28,41H2,1-3H3,(H,45,47)/t29-,30?,32+,33?,34?,35?,36-,38?,39+,40-/m1/s1. The molecule has 0 saturated heterocycles. The summed E-state index contributed by atoms with van der Waals surface area (Å²) in [6, 6.07) is 1.03. The number of fused-ring (bicyclic) bond motifs is 5. The summed E-state index contributed by atoms with van der Waals surface area (Å²) >= 11 is 0. The Bertz CT molecular complexity index is 944. The van der Waals surface area contributed by atoms with Gasteiger partial charge >= 0.3 is 0 Å². The number of amides is 1. The van der Waals surface area contributed by atoms with E-state index in [1.165, 1.54) is 96.3 Å². The highest BCUT2D eigenvalue weighted by Crippen LogP contribution is 2.68. The Morgan fingerprint density at radius 1 is 0.787 bits per heavy atom. The smallest absolute Gasteiger partial charge is 0.220 e. The van der Waals surface area contributed by atoms with Gasteiger partial charge in [-0.25, -0.2) is 0 Å². The van der Waals surface area contributed by atoms with Crippen molar-refractivity contribution in [2.75, 3.05) is 39.3 Å². The molecule has 0 heterocycles. The molecule has 7 nitrogen and oxygen atoms in total. The van der Waals surface area contributed by atoms with Crippen molar-refractivity contribution in [3.05, 3.63) is 0 Å². The third kappa shape index (κ3) is 9.34. The third-order valence-corrected chi connectivity index (χ3v) is 14.7. The minimum atomic E-state index is -0.142. The summed E-state index contributed by atoms with van der Waals surface area (Å²) in [6.07, 6.45) is 22.5. The van der Waals surface area contributed by atoms with Gasteiger partial charge in [0.05, 0.1) is 6.10 Å². The number of carbonyl (C=O) groups is 1. The number of nitrogens with one attached hydrogen (secondary N) is 4. The van der Waals surface area contributed by atoms with E-state index >= 15 is 0 Å². The average Bonchev–Trinajstić information content (AvgIpc) is 3.42. The molecule has 272 valence electrons. The molecular weight excluding hydrogens is 582 g/mol. The molecule has 0 aromatic heterocycles. The molecule has 47 heavy (non-hydrogen) atoms. The van der Waals surface area contributed by atoms with Crippen LogP contribution in [-0.2, 0) is 4.79 Å². The van der Waals surface area contributed by atoms with E-state index in [0.29, 0.717) is 64.8 Å². The zero-order valence-corrected chi connectivity index (χ0v) is 30.8. The molecule has 5 saturated carbocycles. The lowest BCUT2D eigenvalue weighted by Crippen LogP contribution is -2.59. The lowest BCUT2D eigenvalue weighted by molar-refractivity contribution is -0.167. The highest BCUT2D eigenvalue weighted by Gasteiger charge is 2.62. The summed E-state index contributed by atoms with van der Waals surface area (Å²) in [7, 11) is 0. The maximum absolute atomic E-state index is 12.8. The fourth-order valence-electron chi connectivity index (χ4n) is 12.0. The first-order valence-corrected chi connectivity index (χ1v) is 20.6. The average molecular weight is 658 g/mol. The van der Waals surface area contributed by atoms with E-state index in [2.05, 4.69) is 42.0 Å². The molecule has 5 rings (SSSR count). The van der Waals surface area contributed by atoms with Crippen LogP contribution in [0, 0.1) is 46.3 Å². The number of aliphatic hydroxyl groups is 1. The number of hydrogen-bond donors (Lipinski definition) is 6. The Hall–Kier alpha value is -0.730. The van der Waals surface area contributed by atoms with Gasteiger partial charge in [0.1, 0.15) is 0 Å². The molecule has 5 aliphatic rings. The molecule has 10 atom stereocenters. The normalized spacial score (nSPS) is 37.9. The second-order valence-corrected chi connectivity index (χ2v) is 17.6. The lowest BCUT2D eigenvalue weighted by atomic mass is 9.43. The number of rotatable bonds is 18. The van der Waals surface area contributed by atoms with Crippen molar-refractivity contribution in [2.45, 2.75) is 161 Å². The second-order valence-electron chi connectivity index (χ2n) is 17.6. The maximum atomic E-state index is 12.8. The number of aliphatic hydroxyl groups excluding tert-OH is 1. The first kappa shape index (κ1) is 37.5. The quantitative estimate of drug-likeness (QED) is 0.0989. The Morgan fingerprint density at radius 3 is 2.21 bits per heavy atom. The van der Waals surface area contributed by atoms with Crippen molar-refractivity contribution < 1.29 is 9.90 Å². The zero-order chi connectivity index (χ0) is 33.3.